The SMILES string of the molecule is CCc1nn(C)c(NCCC(C)c2ccccc2)c1N. The van der Waals surface area contributed by atoms with Gasteiger partial charge in [0.2, 0.25) is 0 Å². The standard InChI is InChI=1S/C16H24N4/c1-4-14-15(17)16(20(3)19-14)18-11-10-12(2)13-8-6-5-7-9-13/h5-9,12,18H,4,10-11,17H2,1-3H3. The van der Waals surface area contributed by atoms with Crippen molar-refractivity contribution in [3.05, 3.63) is 41.6 Å². The number of nitrogens with zero attached hydrogens (tertiary/aromatic N) is 2. The number of hydrogen-bond acceptors (Lipinski definition) is 3. The van der Waals surface area contributed by atoms with Crippen molar-refractivity contribution in [2.75, 3.05) is 17.6 Å². The minimum atomic E-state index is 0.531. The molecule has 1 aromatic heterocycles. The summed E-state index contributed by atoms with van der Waals surface area (Å²) >= 11 is 0. The number of nitrogen functional groups attached to an aromatic ring is 1. The van der Waals surface area contributed by atoms with Crippen molar-refractivity contribution in [1.29, 1.82) is 0 Å². The predicted octanol–water partition coefficient (Wildman–Crippen LogP) is 3.17. The molecule has 0 aliphatic carbocycles. The lowest BCUT2D eigenvalue weighted by Gasteiger charge is -2.13. The monoisotopic (exact) mass is 272 g/mol. The van der Waals surface area contributed by atoms with Crippen molar-refractivity contribution in [3.8, 4) is 0 Å². The van der Waals surface area contributed by atoms with Crippen LogP contribution in [-0.4, -0.2) is 16.3 Å². The van der Waals surface area contributed by atoms with Crippen LogP contribution >= 0.6 is 0 Å². The van der Waals surface area contributed by atoms with Crippen molar-refractivity contribution < 1.29 is 0 Å². The Labute approximate surface area is 121 Å². The first kappa shape index (κ1) is 14.4. The second kappa shape index (κ2) is 6.46. The van der Waals surface area contributed by atoms with Gasteiger partial charge in [0.1, 0.15) is 5.82 Å². The van der Waals surface area contributed by atoms with Gasteiger partial charge >= 0.3 is 0 Å². The molecule has 108 valence electrons. The Hall–Kier alpha value is -1.97. The topological polar surface area (TPSA) is 55.9 Å². The fourth-order valence-electron chi connectivity index (χ4n) is 2.42. The second-order valence-electron chi connectivity index (χ2n) is 5.21. The van der Waals surface area contributed by atoms with Crippen molar-refractivity contribution in [2.24, 2.45) is 7.05 Å². The van der Waals surface area contributed by atoms with E-state index in [2.05, 4.69) is 54.6 Å². The Morgan fingerprint density at radius 2 is 2.00 bits per heavy atom. The maximum Gasteiger partial charge on any atom is 0.147 e. The predicted molar refractivity (Wildman–Crippen MR) is 85.0 cm³/mol. The van der Waals surface area contributed by atoms with Gasteiger partial charge in [-0.25, -0.2) is 0 Å². The summed E-state index contributed by atoms with van der Waals surface area (Å²) in [5.41, 5.74) is 9.22. The summed E-state index contributed by atoms with van der Waals surface area (Å²) in [6, 6.07) is 10.6. The molecule has 0 spiro atoms. The molecule has 0 saturated heterocycles. The molecule has 0 fully saturated rings. The highest BCUT2D eigenvalue weighted by Crippen LogP contribution is 2.23. The van der Waals surface area contributed by atoms with Crippen LogP contribution in [0.25, 0.3) is 0 Å². The smallest absolute Gasteiger partial charge is 0.147 e. The Morgan fingerprint density at radius 3 is 2.60 bits per heavy atom. The van der Waals surface area contributed by atoms with E-state index in [0.29, 0.717) is 5.92 Å². The molecule has 2 aromatic rings. The quantitative estimate of drug-likeness (QED) is 0.849. The van der Waals surface area contributed by atoms with E-state index in [9.17, 15) is 0 Å². The van der Waals surface area contributed by atoms with E-state index in [1.54, 1.807) is 0 Å². The Balaban J connectivity index is 1.92. The summed E-state index contributed by atoms with van der Waals surface area (Å²) in [6.07, 6.45) is 1.93. The van der Waals surface area contributed by atoms with Crippen LogP contribution in [0.15, 0.2) is 30.3 Å². The zero-order valence-electron chi connectivity index (χ0n) is 12.6. The fourth-order valence-corrected chi connectivity index (χ4v) is 2.42. The normalized spacial score (nSPS) is 12.3. The summed E-state index contributed by atoms with van der Waals surface area (Å²) in [5, 5.41) is 7.83. The summed E-state index contributed by atoms with van der Waals surface area (Å²) in [7, 11) is 1.93. The molecule has 2 rings (SSSR count). The minimum absolute atomic E-state index is 0.531. The number of nitrogens with two attached hydrogens (primary N) is 1. The van der Waals surface area contributed by atoms with Gasteiger partial charge in [0.05, 0.1) is 11.4 Å². The lowest BCUT2D eigenvalue weighted by Crippen LogP contribution is -2.10. The lowest BCUT2D eigenvalue weighted by molar-refractivity contribution is 0.694. The molecule has 3 N–H and O–H groups in total. The summed E-state index contributed by atoms with van der Waals surface area (Å²) < 4.78 is 1.83. The molecule has 0 aliphatic rings. The first-order chi connectivity index (χ1) is 9.63. The Morgan fingerprint density at radius 1 is 1.30 bits per heavy atom. The third-order valence-corrected chi connectivity index (χ3v) is 3.73. The number of hydrogen-bond donors (Lipinski definition) is 2. The molecule has 0 radical (unpaired) electrons. The highest BCUT2D eigenvalue weighted by molar-refractivity contribution is 5.64. The third kappa shape index (κ3) is 3.13. The molecule has 0 saturated carbocycles. The lowest BCUT2D eigenvalue weighted by atomic mass is 9.98. The van der Waals surface area contributed by atoms with Gasteiger partial charge in [-0.2, -0.15) is 5.10 Å². The summed E-state index contributed by atoms with van der Waals surface area (Å²) in [4.78, 5) is 0. The number of aromatic nitrogens is 2. The molecule has 4 nitrogen and oxygen atoms in total. The van der Waals surface area contributed by atoms with Gasteiger partial charge in [0.25, 0.3) is 0 Å². The van der Waals surface area contributed by atoms with Gasteiger partial charge in [-0.05, 0) is 24.3 Å². The van der Waals surface area contributed by atoms with Gasteiger partial charge in [0, 0.05) is 13.6 Å². The van der Waals surface area contributed by atoms with Crippen molar-refractivity contribution in [2.45, 2.75) is 32.6 Å². The first-order valence-electron chi connectivity index (χ1n) is 7.23. The number of anilines is 2. The van der Waals surface area contributed by atoms with Crippen LogP contribution in [0.5, 0.6) is 0 Å². The maximum absolute atomic E-state index is 6.10. The first-order valence-corrected chi connectivity index (χ1v) is 7.23. The Kier molecular flexibility index (Phi) is 4.66. The summed E-state index contributed by atoms with van der Waals surface area (Å²) in [5.74, 6) is 1.46. The van der Waals surface area contributed by atoms with Crippen LogP contribution in [0.3, 0.4) is 0 Å². The molecule has 1 aromatic carbocycles. The summed E-state index contributed by atoms with van der Waals surface area (Å²) in [6.45, 7) is 5.21. The van der Waals surface area contributed by atoms with E-state index in [1.807, 2.05) is 11.7 Å². The van der Waals surface area contributed by atoms with Crippen LogP contribution < -0.4 is 11.1 Å². The number of aryl methyl sites for hydroxylation is 2. The highest BCUT2D eigenvalue weighted by Gasteiger charge is 2.12. The maximum atomic E-state index is 6.10. The molecule has 1 atom stereocenters. The minimum Gasteiger partial charge on any atom is -0.394 e. The fraction of sp³-hybridized carbons (Fsp3) is 0.438. The van der Waals surface area contributed by atoms with Gasteiger partial charge in [-0.3, -0.25) is 4.68 Å². The van der Waals surface area contributed by atoms with Crippen LogP contribution in [0.4, 0.5) is 11.5 Å². The van der Waals surface area contributed by atoms with Crippen LogP contribution in [-0.2, 0) is 13.5 Å². The molecule has 1 heterocycles. The van der Waals surface area contributed by atoms with Gasteiger partial charge < -0.3 is 11.1 Å². The molecular weight excluding hydrogens is 248 g/mol. The van der Waals surface area contributed by atoms with E-state index >= 15 is 0 Å². The molecule has 0 amide bonds. The van der Waals surface area contributed by atoms with E-state index in [0.717, 1.165) is 36.6 Å². The van der Waals surface area contributed by atoms with Crippen molar-refractivity contribution in [1.82, 2.24) is 9.78 Å². The van der Waals surface area contributed by atoms with Crippen LogP contribution in [0, 0.1) is 0 Å². The second-order valence-corrected chi connectivity index (χ2v) is 5.21. The van der Waals surface area contributed by atoms with Crippen LogP contribution in [0.2, 0.25) is 0 Å². The van der Waals surface area contributed by atoms with Gasteiger partial charge in [-0.1, -0.05) is 44.2 Å². The molecule has 4 heteroatoms. The van der Waals surface area contributed by atoms with E-state index < -0.39 is 0 Å². The van der Waals surface area contributed by atoms with Crippen LogP contribution in [0.1, 0.15) is 37.4 Å². The number of nitrogens with one attached hydrogen (secondary N) is 1. The van der Waals surface area contributed by atoms with E-state index in [-0.39, 0.29) is 0 Å². The van der Waals surface area contributed by atoms with E-state index in [4.69, 9.17) is 5.73 Å². The largest absolute Gasteiger partial charge is 0.394 e. The van der Waals surface area contributed by atoms with Gasteiger partial charge in [0.15, 0.2) is 0 Å². The molecule has 1 unspecified atom stereocenters. The molecule has 0 aliphatic heterocycles. The zero-order chi connectivity index (χ0) is 14.5. The molecular formula is C16H24N4. The average molecular weight is 272 g/mol. The number of benzene rings is 1. The molecule has 0 bridgehead atoms. The van der Waals surface area contributed by atoms with Gasteiger partial charge in [-0.15, -0.1) is 0 Å². The molecule has 20 heavy (non-hydrogen) atoms. The van der Waals surface area contributed by atoms with Crippen molar-refractivity contribution in [3.63, 3.8) is 0 Å². The Bertz CT molecular complexity index is 545. The highest BCUT2D eigenvalue weighted by atomic mass is 15.3. The number of rotatable bonds is 6. The van der Waals surface area contributed by atoms with E-state index in [1.165, 1.54) is 5.56 Å². The average Bonchev–Trinajstić information content (AvgIpc) is 2.75. The van der Waals surface area contributed by atoms with Crippen molar-refractivity contribution >= 4 is 11.5 Å². The zero-order valence-corrected chi connectivity index (χ0v) is 12.6. The third-order valence-electron chi connectivity index (χ3n) is 3.73.